The van der Waals surface area contributed by atoms with Crippen molar-refractivity contribution in [2.75, 3.05) is 18.1 Å². The molecule has 3 rings (SSSR count). The fraction of sp³-hybridized carbons (Fsp3) is 0.786. The second-order valence-corrected chi connectivity index (χ2v) is 6.73. The van der Waals surface area contributed by atoms with Gasteiger partial charge in [0.05, 0.1) is 6.20 Å². The largest absolute Gasteiger partial charge is 0.372 e. The third kappa shape index (κ3) is 2.83. The van der Waals surface area contributed by atoms with Gasteiger partial charge in [0.15, 0.2) is 0 Å². The number of nitrogens with one attached hydrogen (secondary N) is 1. The lowest BCUT2D eigenvalue weighted by Crippen LogP contribution is -2.42. The first-order valence-electron chi connectivity index (χ1n) is 7.19. The molecule has 19 heavy (non-hydrogen) atoms. The Morgan fingerprint density at radius 1 is 1.47 bits per heavy atom. The molecule has 1 unspecified atom stereocenters. The third-order valence-corrected chi connectivity index (χ3v) is 5.50. The SMILES string of the molecule is Cc1c([C@H]2OCC[C@@H]2NC2CCCSC2)cnn1C. The van der Waals surface area contributed by atoms with Gasteiger partial charge in [0.25, 0.3) is 0 Å². The zero-order valence-corrected chi connectivity index (χ0v) is 12.6. The van der Waals surface area contributed by atoms with E-state index in [1.54, 1.807) is 0 Å². The third-order valence-electron chi connectivity index (χ3n) is 4.28. The Morgan fingerprint density at radius 3 is 3.05 bits per heavy atom. The average Bonchev–Trinajstić information content (AvgIpc) is 2.99. The molecule has 2 aliphatic heterocycles. The Morgan fingerprint density at radius 2 is 2.37 bits per heavy atom. The fourth-order valence-corrected chi connectivity index (χ4v) is 4.12. The highest BCUT2D eigenvalue weighted by Crippen LogP contribution is 2.32. The quantitative estimate of drug-likeness (QED) is 0.920. The van der Waals surface area contributed by atoms with E-state index in [1.165, 1.54) is 35.6 Å². The van der Waals surface area contributed by atoms with Gasteiger partial charge in [0.1, 0.15) is 6.10 Å². The van der Waals surface area contributed by atoms with Gasteiger partial charge in [-0.3, -0.25) is 4.68 Å². The van der Waals surface area contributed by atoms with E-state index >= 15 is 0 Å². The van der Waals surface area contributed by atoms with E-state index in [0.717, 1.165) is 13.0 Å². The highest BCUT2D eigenvalue weighted by molar-refractivity contribution is 7.99. The number of ether oxygens (including phenoxy) is 1. The lowest BCUT2D eigenvalue weighted by Gasteiger charge is -2.28. The molecular formula is C14H23N3OS. The van der Waals surface area contributed by atoms with Crippen LogP contribution in [-0.4, -0.2) is 40.0 Å². The zero-order valence-electron chi connectivity index (χ0n) is 11.8. The molecule has 1 aromatic heterocycles. The Hall–Kier alpha value is -0.520. The number of hydrogen-bond acceptors (Lipinski definition) is 4. The van der Waals surface area contributed by atoms with Gasteiger partial charge in [-0.25, -0.2) is 0 Å². The molecule has 0 bridgehead atoms. The molecule has 3 atom stereocenters. The van der Waals surface area contributed by atoms with Crippen molar-refractivity contribution in [1.29, 1.82) is 0 Å². The van der Waals surface area contributed by atoms with E-state index in [9.17, 15) is 0 Å². The number of nitrogens with zero attached hydrogens (tertiary/aromatic N) is 2. The second-order valence-electron chi connectivity index (χ2n) is 5.58. The summed E-state index contributed by atoms with van der Waals surface area (Å²) in [6.07, 6.45) is 5.91. The van der Waals surface area contributed by atoms with Gasteiger partial charge >= 0.3 is 0 Å². The molecule has 1 N–H and O–H groups in total. The van der Waals surface area contributed by atoms with Gasteiger partial charge in [0, 0.05) is 42.7 Å². The van der Waals surface area contributed by atoms with E-state index < -0.39 is 0 Å². The standard InChI is InChI=1S/C14H23N3OS/c1-10-12(8-15-17(10)2)14-13(5-6-18-14)16-11-4-3-7-19-9-11/h8,11,13-14,16H,3-7,9H2,1-2H3/t11?,13-,14+/m0/s1. The summed E-state index contributed by atoms with van der Waals surface area (Å²) in [6, 6.07) is 1.11. The Bertz CT molecular complexity index is 428. The van der Waals surface area contributed by atoms with Crippen LogP contribution in [0.3, 0.4) is 0 Å². The van der Waals surface area contributed by atoms with Crippen LogP contribution in [0, 0.1) is 6.92 Å². The number of aromatic nitrogens is 2. The van der Waals surface area contributed by atoms with E-state index in [2.05, 4.69) is 29.1 Å². The van der Waals surface area contributed by atoms with Crippen LogP contribution in [-0.2, 0) is 11.8 Å². The van der Waals surface area contributed by atoms with Crippen LogP contribution in [0.25, 0.3) is 0 Å². The number of rotatable bonds is 3. The molecule has 3 heterocycles. The summed E-state index contributed by atoms with van der Waals surface area (Å²) < 4.78 is 7.90. The minimum absolute atomic E-state index is 0.181. The number of thioether (sulfide) groups is 1. The van der Waals surface area contributed by atoms with Gasteiger partial charge in [0.2, 0.25) is 0 Å². The first kappa shape index (κ1) is 13.5. The minimum Gasteiger partial charge on any atom is -0.372 e. The van der Waals surface area contributed by atoms with Crippen LogP contribution >= 0.6 is 11.8 Å². The Balaban J connectivity index is 1.69. The molecule has 2 fully saturated rings. The lowest BCUT2D eigenvalue weighted by molar-refractivity contribution is 0.0960. The van der Waals surface area contributed by atoms with Crippen molar-refractivity contribution in [2.24, 2.45) is 7.05 Å². The number of hydrogen-bond donors (Lipinski definition) is 1. The minimum atomic E-state index is 0.181. The summed E-state index contributed by atoms with van der Waals surface area (Å²) in [6.45, 7) is 2.98. The molecule has 0 aliphatic carbocycles. The van der Waals surface area contributed by atoms with Crippen LogP contribution in [0.15, 0.2) is 6.20 Å². The molecule has 2 aliphatic rings. The summed E-state index contributed by atoms with van der Waals surface area (Å²) in [4.78, 5) is 0. The van der Waals surface area contributed by atoms with E-state index in [0.29, 0.717) is 12.1 Å². The van der Waals surface area contributed by atoms with Gasteiger partial charge in [-0.2, -0.15) is 16.9 Å². The predicted octanol–water partition coefficient (Wildman–Crippen LogP) is 2.04. The molecule has 4 nitrogen and oxygen atoms in total. The summed E-state index contributed by atoms with van der Waals surface area (Å²) in [7, 11) is 1.99. The molecule has 0 aromatic carbocycles. The number of aryl methyl sites for hydroxylation is 1. The maximum Gasteiger partial charge on any atom is 0.101 e. The molecule has 0 radical (unpaired) electrons. The smallest absolute Gasteiger partial charge is 0.101 e. The molecule has 0 spiro atoms. The molecule has 1 aromatic rings. The normalized spacial score (nSPS) is 31.8. The summed E-state index contributed by atoms with van der Waals surface area (Å²) >= 11 is 2.07. The van der Waals surface area contributed by atoms with Crippen LogP contribution < -0.4 is 5.32 Å². The van der Waals surface area contributed by atoms with Crippen molar-refractivity contribution >= 4 is 11.8 Å². The predicted molar refractivity (Wildman–Crippen MR) is 78.5 cm³/mol. The van der Waals surface area contributed by atoms with Crippen molar-refractivity contribution < 1.29 is 4.74 Å². The van der Waals surface area contributed by atoms with Crippen molar-refractivity contribution in [2.45, 2.75) is 44.4 Å². The summed E-state index contributed by atoms with van der Waals surface area (Å²) in [5, 5.41) is 8.17. The monoisotopic (exact) mass is 281 g/mol. The van der Waals surface area contributed by atoms with E-state index in [-0.39, 0.29) is 6.10 Å². The van der Waals surface area contributed by atoms with Crippen LogP contribution in [0.5, 0.6) is 0 Å². The lowest BCUT2D eigenvalue weighted by atomic mass is 10.0. The van der Waals surface area contributed by atoms with Crippen molar-refractivity contribution in [3.05, 3.63) is 17.5 Å². The molecule has 5 heteroatoms. The highest BCUT2D eigenvalue weighted by Gasteiger charge is 2.33. The molecule has 0 amide bonds. The van der Waals surface area contributed by atoms with Crippen molar-refractivity contribution in [3.8, 4) is 0 Å². The maximum absolute atomic E-state index is 5.96. The van der Waals surface area contributed by atoms with Gasteiger partial charge in [-0.05, 0) is 31.9 Å². The average molecular weight is 281 g/mol. The summed E-state index contributed by atoms with van der Waals surface area (Å²) in [5.41, 5.74) is 2.47. The Labute approximate surface area is 119 Å². The fourth-order valence-electron chi connectivity index (χ4n) is 3.04. The molecule has 106 valence electrons. The van der Waals surface area contributed by atoms with Gasteiger partial charge < -0.3 is 10.1 Å². The van der Waals surface area contributed by atoms with Gasteiger partial charge in [-0.15, -0.1) is 0 Å². The van der Waals surface area contributed by atoms with Crippen LogP contribution in [0.4, 0.5) is 0 Å². The van der Waals surface area contributed by atoms with Gasteiger partial charge in [-0.1, -0.05) is 0 Å². The van der Waals surface area contributed by atoms with Crippen LogP contribution in [0.1, 0.15) is 36.6 Å². The van der Waals surface area contributed by atoms with Crippen LogP contribution in [0.2, 0.25) is 0 Å². The molecule has 2 saturated heterocycles. The molecular weight excluding hydrogens is 258 g/mol. The topological polar surface area (TPSA) is 39.1 Å². The van der Waals surface area contributed by atoms with Crippen molar-refractivity contribution in [3.63, 3.8) is 0 Å². The Kier molecular flexibility index (Phi) is 4.15. The van der Waals surface area contributed by atoms with Crippen molar-refractivity contribution in [1.82, 2.24) is 15.1 Å². The molecule has 0 saturated carbocycles. The highest BCUT2D eigenvalue weighted by atomic mass is 32.2. The van der Waals surface area contributed by atoms with E-state index in [1.807, 2.05) is 17.9 Å². The first-order valence-corrected chi connectivity index (χ1v) is 8.35. The first-order chi connectivity index (χ1) is 9.25. The second kappa shape index (κ2) is 5.85. The summed E-state index contributed by atoms with van der Waals surface area (Å²) in [5.74, 6) is 2.57. The zero-order chi connectivity index (χ0) is 13.2. The maximum atomic E-state index is 5.96. The van der Waals surface area contributed by atoms with E-state index in [4.69, 9.17) is 4.74 Å².